The molecule has 0 aliphatic carbocycles. The van der Waals surface area contributed by atoms with Crippen molar-refractivity contribution >= 4 is 5.91 Å². The van der Waals surface area contributed by atoms with Crippen molar-refractivity contribution in [3.8, 4) is 11.3 Å². The Morgan fingerprint density at radius 3 is 2.81 bits per heavy atom. The molecule has 0 N–H and O–H groups in total. The molecule has 0 saturated carbocycles. The highest BCUT2D eigenvalue weighted by Gasteiger charge is 2.34. The summed E-state index contributed by atoms with van der Waals surface area (Å²) in [6.45, 7) is 4.51. The normalized spacial score (nSPS) is 17.0. The van der Waals surface area contributed by atoms with Gasteiger partial charge in [0.2, 0.25) is 0 Å². The van der Waals surface area contributed by atoms with Gasteiger partial charge in [0.05, 0.1) is 28.6 Å². The predicted octanol–water partition coefficient (Wildman–Crippen LogP) is 3.06. The van der Waals surface area contributed by atoms with E-state index in [2.05, 4.69) is 15.2 Å². The number of likely N-dealkylation sites (tertiary alicyclic amines) is 1. The van der Waals surface area contributed by atoms with Crippen LogP contribution in [0.3, 0.4) is 0 Å². The zero-order chi connectivity index (χ0) is 18.3. The van der Waals surface area contributed by atoms with Crippen molar-refractivity contribution in [2.24, 2.45) is 7.05 Å². The van der Waals surface area contributed by atoms with Gasteiger partial charge in [0, 0.05) is 37.7 Å². The van der Waals surface area contributed by atoms with Crippen molar-refractivity contribution < 1.29 is 9.32 Å². The van der Waals surface area contributed by atoms with Crippen LogP contribution in [0.5, 0.6) is 0 Å². The van der Waals surface area contributed by atoms with Gasteiger partial charge >= 0.3 is 0 Å². The van der Waals surface area contributed by atoms with Crippen LogP contribution < -0.4 is 0 Å². The second kappa shape index (κ2) is 6.40. The SMILES string of the molecule is Cc1ccc(C(=O)N2CCC[C@H]2c2nn(C)cc2-c2cc(C)no2)cn1. The summed E-state index contributed by atoms with van der Waals surface area (Å²) in [5.41, 5.74) is 4.07. The minimum atomic E-state index is -0.0783. The summed E-state index contributed by atoms with van der Waals surface area (Å²) in [5.74, 6) is 0.673. The second-order valence-electron chi connectivity index (χ2n) is 6.78. The molecule has 7 nitrogen and oxygen atoms in total. The maximum atomic E-state index is 13.0. The van der Waals surface area contributed by atoms with Crippen LogP contribution in [-0.4, -0.2) is 37.3 Å². The maximum Gasteiger partial charge on any atom is 0.255 e. The van der Waals surface area contributed by atoms with Crippen LogP contribution in [0.2, 0.25) is 0 Å². The van der Waals surface area contributed by atoms with Crippen molar-refractivity contribution in [2.45, 2.75) is 32.7 Å². The highest BCUT2D eigenvalue weighted by molar-refractivity contribution is 5.94. The molecule has 134 valence electrons. The van der Waals surface area contributed by atoms with Gasteiger partial charge in [-0.15, -0.1) is 0 Å². The smallest absolute Gasteiger partial charge is 0.255 e. The Hall–Kier alpha value is -2.96. The predicted molar refractivity (Wildman–Crippen MR) is 95.4 cm³/mol. The van der Waals surface area contributed by atoms with E-state index in [1.165, 1.54) is 0 Å². The molecule has 3 aromatic heterocycles. The van der Waals surface area contributed by atoms with Gasteiger partial charge in [-0.1, -0.05) is 5.16 Å². The lowest BCUT2D eigenvalue weighted by Gasteiger charge is -2.24. The fourth-order valence-corrected chi connectivity index (χ4v) is 3.49. The van der Waals surface area contributed by atoms with Gasteiger partial charge in [0.25, 0.3) is 5.91 Å². The minimum absolute atomic E-state index is 0.00893. The first kappa shape index (κ1) is 16.5. The fraction of sp³-hybridized carbons (Fsp3) is 0.368. The molecule has 0 unspecified atom stereocenters. The Balaban J connectivity index is 1.69. The number of aromatic nitrogens is 4. The Bertz CT molecular complexity index is 941. The van der Waals surface area contributed by atoms with E-state index in [4.69, 9.17) is 4.52 Å². The Kier molecular flexibility index (Phi) is 4.06. The van der Waals surface area contributed by atoms with Crippen LogP contribution >= 0.6 is 0 Å². The van der Waals surface area contributed by atoms with E-state index >= 15 is 0 Å². The van der Waals surface area contributed by atoms with Crippen molar-refractivity contribution in [1.29, 1.82) is 0 Å². The highest BCUT2D eigenvalue weighted by atomic mass is 16.5. The average Bonchev–Trinajstić information content (AvgIpc) is 3.33. The quantitative estimate of drug-likeness (QED) is 0.725. The largest absolute Gasteiger partial charge is 0.356 e. The van der Waals surface area contributed by atoms with Crippen molar-refractivity contribution in [2.75, 3.05) is 6.54 Å². The van der Waals surface area contributed by atoms with Crippen LogP contribution in [0, 0.1) is 13.8 Å². The molecule has 1 aliphatic rings. The third kappa shape index (κ3) is 2.89. The zero-order valence-electron chi connectivity index (χ0n) is 15.1. The lowest BCUT2D eigenvalue weighted by molar-refractivity contribution is 0.0732. The topological polar surface area (TPSA) is 77.0 Å². The van der Waals surface area contributed by atoms with E-state index in [1.807, 2.05) is 50.2 Å². The maximum absolute atomic E-state index is 13.0. The Labute approximate surface area is 151 Å². The molecule has 0 spiro atoms. The van der Waals surface area contributed by atoms with E-state index in [1.54, 1.807) is 10.9 Å². The van der Waals surface area contributed by atoms with Crippen LogP contribution in [0.25, 0.3) is 11.3 Å². The third-order valence-electron chi connectivity index (χ3n) is 4.74. The Morgan fingerprint density at radius 1 is 1.27 bits per heavy atom. The van der Waals surface area contributed by atoms with E-state index in [0.717, 1.165) is 35.5 Å². The van der Waals surface area contributed by atoms with Crippen LogP contribution in [-0.2, 0) is 7.05 Å². The molecule has 4 heterocycles. The molecule has 1 aliphatic heterocycles. The molecule has 1 fully saturated rings. The number of carbonyl (C=O) groups excluding carboxylic acids is 1. The molecular weight excluding hydrogens is 330 g/mol. The number of rotatable bonds is 3. The van der Waals surface area contributed by atoms with E-state index < -0.39 is 0 Å². The molecular formula is C19H21N5O2. The number of hydrogen-bond acceptors (Lipinski definition) is 5. The van der Waals surface area contributed by atoms with Gasteiger partial charge in [0.1, 0.15) is 0 Å². The van der Waals surface area contributed by atoms with E-state index in [9.17, 15) is 4.79 Å². The Morgan fingerprint density at radius 2 is 2.12 bits per heavy atom. The van der Waals surface area contributed by atoms with Gasteiger partial charge in [-0.25, -0.2) is 0 Å². The number of aryl methyl sites for hydroxylation is 3. The molecule has 1 saturated heterocycles. The summed E-state index contributed by atoms with van der Waals surface area (Å²) in [6.07, 6.45) is 5.39. The first-order valence-corrected chi connectivity index (χ1v) is 8.74. The zero-order valence-corrected chi connectivity index (χ0v) is 15.1. The first-order valence-electron chi connectivity index (χ1n) is 8.74. The summed E-state index contributed by atoms with van der Waals surface area (Å²) in [7, 11) is 1.88. The molecule has 4 rings (SSSR count). The highest BCUT2D eigenvalue weighted by Crippen LogP contribution is 2.37. The summed E-state index contributed by atoms with van der Waals surface area (Å²) in [5, 5.41) is 8.62. The number of amides is 1. The first-order chi connectivity index (χ1) is 12.5. The monoisotopic (exact) mass is 351 g/mol. The van der Waals surface area contributed by atoms with E-state index in [0.29, 0.717) is 17.9 Å². The molecule has 1 amide bonds. The van der Waals surface area contributed by atoms with Gasteiger partial charge in [-0.05, 0) is 38.8 Å². The minimum Gasteiger partial charge on any atom is -0.356 e. The van der Waals surface area contributed by atoms with Crippen LogP contribution in [0.1, 0.15) is 46.3 Å². The second-order valence-corrected chi connectivity index (χ2v) is 6.78. The van der Waals surface area contributed by atoms with E-state index in [-0.39, 0.29) is 11.9 Å². The molecule has 0 bridgehead atoms. The standard InChI is InChI=1S/C19H21N5O2/c1-12-6-7-14(10-20-12)19(25)24-8-4-5-16(24)18-15(11-23(3)21-18)17-9-13(2)22-26-17/h6-7,9-11,16H,4-5,8H2,1-3H3/t16-/m0/s1. The summed E-state index contributed by atoms with van der Waals surface area (Å²) >= 11 is 0. The summed E-state index contributed by atoms with van der Waals surface area (Å²) < 4.78 is 7.20. The number of nitrogens with zero attached hydrogens (tertiary/aromatic N) is 5. The van der Waals surface area contributed by atoms with Gasteiger partial charge in [0.15, 0.2) is 5.76 Å². The molecule has 0 aromatic carbocycles. The lowest BCUT2D eigenvalue weighted by Crippen LogP contribution is -2.31. The fourth-order valence-electron chi connectivity index (χ4n) is 3.49. The van der Waals surface area contributed by atoms with Gasteiger partial charge < -0.3 is 9.42 Å². The third-order valence-corrected chi connectivity index (χ3v) is 4.74. The molecule has 0 radical (unpaired) electrons. The van der Waals surface area contributed by atoms with Crippen molar-refractivity contribution in [1.82, 2.24) is 24.8 Å². The van der Waals surface area contributed by atoms with Crippen LogP contribution in [0.4, 0.5) is 0 Å². The van der Waals surface area contributed by atoms with Crippen molar-refractivity contribution in [3.05, 3.63) is 53.2 Å². The molecule has 7 heteroatoms. The molecule has 3 aromatic rings. The number of carbonyl (C=O) groups is 1. The lowest BCUT2D eigenvalue weighted by atomic mass is 10.0. The molecule has 26 heavy (non-hydrogen) atoms. The van der Waals surface area contributed by atoms with Gasteiger partial charge in [-0.2, -0.15) is 5.10 Å². The van der Waals surface area contributed by atoms with Crippen LogP contribution in [0.15, 0.2) is 35.1 Å². The number of pyridine rings is 1. The molecule has 1 atom stereocenters. The van der Waals surface area contributed by atoms with Crippen molar-refractivity contribution in [3.63, 3.8) is 0 Å². The van der Waals surface area contributed by atoms with Gasteiger partial charge in [-0.3, -0.25) is 14.5 Å². The average molecular weight is 351 g/mol. The number of hydrogen-bond donors (Lipinski definition) is 0. The summed E-state index contributed by atoms with van der Waals surface area (Å²) in [6, 6.07) is 5.51. The summed E-state index contributed by atoms with van der Waals surface area (Å²) in [4.78, 5) is 19.2.